The number of nitrogen functional groups attached to an aromatic ring is 1. The van der Waals surface area contributed by atoms with Crippen LogP contribution in [0.2, 0.25) is 0 Å². The number of rotatable bonds is 3. The molecular weight excluding hydrogens is 337 g/mol. The number of alkyl halides is 2. The highest BCUT2D eigenvalue weighted by Gasteiger charge is 2.52. The van der Waals surface area contributed by atoms with Crippen LogP contribution in [0.4, 0.5) is 18.9 Å². The third kappa shape index (κ3) is 3.77. The highest BCUT2D eigenvalue weighted by Crippen LogP contribution is 2.39. The van der Waals surface area contributed by atoms with Crippen molar-refractivity contribution in [3.05, 3.63) is 29.6 Å². The first-order valence-electron chi connectivity index (χ1n) is 7.62. The second-order valence-corrected chi connectivity index (χ2v) is 6.78. The van der Waals surface area contributed by atoms with Crippen LogP contribution in [0.15, 0.2) is 23.2 Å². The van der Waals surface area contributed by atoms with Crippen molar-refractivity contribution >= 4 is 17.4 Å². The van der Waals surface area contributed by atoms with Gasteiger partial charge in [-0.2, -0.15) is 0 Å². The lowest BCUT2D eigenvalue weighted by atomic mass is 9.85. The molecule has 1 aliphatic rings. The Hall–Kier alpha value is -2.13. The fourth-order valence-electron chi connectivity index (χ4n) is 2.53. The van der Waals surface area contributed by atoms with E-state index in [1.165, 1.54) is 6.07 Å². The normalized spacial score (nSPS) is 24.2. The maximum absolute atomic E-state index is 14.3. The standard InChI is InChI=1S/C16H21F3N4O2/c1-15(2,3)25-12(24)11-7-22-14(21)16(23-11,13(18)19)9-6-8(20)4-5-10(9)17/h4-6,13-14,22H,7,20-21H2,1-3H3. The number of nitrogens with two attached hydrogens (primary N) is 2. The molecule has 138 valence electrons. The van der Waals surface area contributed by atoms with Crippen LogP contribution in [-0.2, 0) is 15.1 Å². The molecule has 2 unspecified atom stereocenters. The van der Waals surface area contributed by atoms with Gasteiger partial charge in [0, 0.05) is 17.8 Å². The summed E-state index contributed by atoms with van der Waals surface area (Å²) in [6, 6.07) is 3.24. The number of esters is 1. The van der Waals surface area contributed by atoms with E-state index in [2.05, 4.69) is 10.3 Å². The van der Waals surface area contributed by atoms with Gasteiger partial charge in [-0.15, -0.1) is 0 Å². The van der Waals surface area contributed by atoms with Crippen molar-refractivity contribution in [1.29, 1.82) is 0 Å². The molecule has 2 rings (SSSR count). The van der Waals surface area contributed by atoms with Gasteiger partial charge in [0.1, 0.15) is 17.1 Å². The molecule has 0 radical (unpaired) electrons. The first kappa shape index (κ1) is 19.2. The molecule has 2 atom stereocenters. The van der Waals surface area contributed by atoms with Crippen LogP contribution in [0, 0.1) is 5.82 Å². The number of benzene rings is 1. The summed E-state index contributed by atoms with van der Waals surface area (Å²) in [7, 11) is 0. The number of hydrogen-bond acceptors (Lipinski definition) is 6. The van der Waals surface area contributed by atoms with Crippen LogP contribution in [0.3, 0.4) is 0 Å². The lowest BCUT2D eigenvalue weighted by Gasteiger charge is -2.39. The SMILES string of the molecule is CC(C)(C)OC(=O)C1=NC(c2cc(N)ccc2F)(C(F)F)C(N)NC1. The van der Waals surface area contributed by atoms with Crippen LogP contribution in [0.25, 0.3) is 0 Å². The lowest BCUT2D eigenvalue weighted by Crippen LogP contribution is -2.62. The number of hydrogen-bond donors (Lipinski definition) is 3. The monoisotopic (exact) mass is 358 g/mol. The molecule has 6 nitrogen and oxygen atoms in total. The Morgan fingerprint density at radius 1 is 1.44 bits per heavy atom. The topological polar surface area (TPSA) is 103 Å². The largest absolute Gasteiger partial charge is 0.455 e. The lowest BCUT2D eigenvalue weighted by molar-refractivity contribution is -0.146. The number of carbonyl (C=O) groups is 1. The Morgan fingerprint density at radius 3 is 2.64 bits per heavy atom. The van der Waals surface area contributed by atoms with Gasteiger partial charge in [0.25, 0.3) is 6.43 Å². The average molecular weight is 358 g/mol. The fourth-order valence-corrected chi connectivity index (χ4v) is 2.53. The minimum atomic E-state index is -3.19. The number of anilines is 1. The van der Waals surface area contributed by atoms with Gasteiger partial charge in [0.2, 0.25) is 0 Å². The molecular formula is C16H21F3N4O2. The van der Waals surface area contributed by atoms with Gasteiger partial charge in [-0.05, 0) is 39.0 Å². The van der Waals surface area contributed by atoms with Crippen LogP contribution >= 0.6 is 0 Å². The van der Waals surface area contributed by atoms with Gasteiger partial charge in [0.15, 0.2) is 5.54 Å². The number of carbonyl (C=O) groups excluding carboxylic acids is 1. The van der Waals surface area contributed by atoms with E-state index in [0.717, 1.165) is 12.1 Å². The highest BCUT2D eigenvalue weighted by atomic mass is 19.3. The smallest absolute Gasteiger partial charge is 0.354 e. The van der Waals surface area contributed by atoms with Gasteiger partial charge in [-0.1, -0.05) is 0 Å². The minimum absolute atomic E-state index is 0.0724. The summed E-state index contributed by atoms with van der Waals surface area (Å²) < 4.78 is 47.5. The molecule has 9 heteroatoms. The molecule has 0 bridgehead atoms. The van der Waals surface area contributed by atoms with E-state index in [0.29, 0.717) is 0 Å². The Kier molecular flexibility index (Phi) is 5.10. The van der Waals surface area contributed by atoms with E-state index >= 15 is 0 Å². The maximum atomic E-state index is 14.3. The molecule has 1 aromatic carbocycles. The van der Waals surface area contributed by atoms with E-state index in [4.69, 9.17) is 16.2 Å². The fraction of sp³-hybridized carbons (Fsp3) is 0.500. The van der Waals surface area contributed by atoms with E-state index < -0.39 is 41.1 Å². The Balaban J connectivity index is 2.60. The quantitative estimate of drug-likeness (QED) is 0.562. The van der Waals surface area contributed by atoms with Crippen molar-refractivity contribution in [2.75, 3.05) is 12.3 Å². The first-order chi connectivity index (χ1) is 11.5. The maximum Gasteiger partial charge on any atom is 0.354 e. The van der Waals surface area contributed by atoms with Crippen molar-refractivity contribution in [3.8, 4) is 0 Å². The number of nitrogens with zero attached hydrogens (tertiary/aromatic N) is 1. The summed E-state index contributed by atoms with van der Waals surface area (Å²) in [5.41, 5.74) is 7.36. The third-order valence-corrected chi connectivity index (χ3v) is 3.67. The molecule has 1 aliphatic heterocycles. The number of ether oxygens (including phenoxy) is 1. The van der Waals surface area contributed by atoms with Crippen LogP contribution in [-0.4, -0.2) is 36.4 Å². The number of halogens is 3. The molecule has 0 fully saturated rings. The Labute approximate surface area is 143 Å². The highest BCUT2D eigenvalue weighted by molar-refractivity contribution is 6.37. The summed E-state index contributed by atoms with van der Waals surface area (Å²) in [4.78, 5) is 16.1. The zero-order valence-electron chi connectivity index (χ0n) is 14.1. The second-order valence-electron chi connectivity index (χ2n) is 6.78. The zero-order valence-corrected chi connectivity index (χ0v) is 14.1. The molecule has 0 aliphatic carbocycles. The van der Waals surface area contributed by atoms with E-state index in [9.17, 15) is 18.0 Å². The van der Waals surface area contributed by atoms with Crippen molar-refractivity contribution in [1.82, 2.24) is 5.32 Å². The first-order valence-corrected chi connectivity index (χ1v) is 7.62. The molecule has 0 spiro atoms. The Morgan fingerprint density at radius 2 is 2.08 bits per heavy atom. The van der Waals surface area contributed by atoms with Crippen molar-refractivity contribution < 1.29 is 22.7 Å². The summed E-state index contributed by atoms with van der Waals surface area (Å²) in [5, 5.41) is 2.57. The number of aliphatic imine (C=N–C) groups is 1. The molecule has 1 heterocycles. The van der Waals surface area contributed by atoms with Gasteiger partial charge < -0.3 is 16.2 Å². The number of nitrogens with one attached hydrogen (secondary N) is 1. The zero-order chi connectivity index (χ0) is 19.0. The minimum Gasteiger partial charge on any atom is -0.455 e. The molecule has 1 aromatic rings. The van der Waals surface area contributed by atoms with Crippen molar-refractivity contribution in [2.24, 2.45) is 10.7 Å². The summed E-state index contributed by atoms with van der Waals surface area (Å²) >= 11 is 0. The van der Waals surface area contributed by atoms with Gasteiger partial charge in [0.05, 0.1) is 6.17 Å². The van der Waals surface area contributed by atoms with E-state index in [-0.39, 0.29) is 17.9 Å². The molecule has 0 saturated carbocycles. The van der Waals surface area contributed by atoms with Crippen molar-refractivity contribution in [3.63, 3.8) is 0 Å². The van der Waals surface area contributed by atoms with Crippen LogP contribution in [0.5, 0.6) is 0 Å². The third-order valence-electron chi connectivity index (χ3n) is 3.67. The summed E-state index contributed by atoms with van der Waals surface area (Å²) in [6.07, 6.45) is -4.61. The predicted molar refractivity (Wildman–Crippen MR) is 87.8 cm³/mol. The summed E-state index contributed by atoms with van der Waals surface area (Å²) in [6.45, 7) is 4.72. The Bertz CT molecular complexity index is 703. The van der Waals surface area contributed by atoms with Gasteiger partial charge >= 0.3 is 5.97 Å². The average Bonchev–Trinajstić information content (AvgIpc) is 2.48. The second kappa shape index (κ2) is 6.64. The van der Waals surface area contributed by atoms with Gasteiger partial charge in [-0.25, -0.2) is 18.0 Å². The molecule has 0 saturated heterocycles. The molecule has 25 heavy (non-hydrogen) atoms. The van der Waals surface area contributed by atoms with E-state index in [1.54, 1.807) is 20.8 Å². The van der Waals surface area contributed by atoms with Crippen molar-refractivity contribution in [2.45, 2.75) is 44.5 Å². The van der Waals surface area contributed by atoms with Crippen LogP contribution < -0.4 is 16.8 Å². The van der Waals surface area contributed by atoms with Crippen LogP contribution in [0.1, 0.15) is 26.3 Å². The van der Waals surface area contributed by atoms with E-state index in [1.807, 2.05) is 0 Å². The molecule has 0 aromatic heterocycles. The molecule has 0 amide bonds. The summed E-state index contributed by atoms with van der Waals surface area (Å²) in [5.74, 6) is -1.82. The van der Waals surface area contributed by atoms with Gasteiger partial charge in [-0.3, -0.25) is 10.3 Å². The molecule has 5 N–H and O–H groups in total. The predicted octanol–water partition coefficient (Wildman–Crippen LogP) is 1.54.